The zero-order valence-electron chi connectivity index (χ0n) is 23.6. The van der Waals surface area contributed by atoms with Gasteiger partial charge in [0.2, 0.25) is 5.95 Å². The molecule has 1 aliphatic rings. The van der Waals surface area contributed by atoms with Gasteiger partial charge in [-0.1, -0.05) is 7.92 Å². The molecule has 5 N–H and O–H groups in total. The van der Waals surface area contributed by atoms with Crippen molar-refractivity contribution in [2.24, 2.45) is 5.73 Å². The first kappa shape index (κ1) is 28.2. The normalized spacial score (nSPS) is 13.9. The maximum atomic E-state index is 7.95. The second-order valence-corrected chi connectivity index (χ2v) is 11.9. The van der Waals surface area contributed by atoms with Crippen LogP contribution in [0.25, 0.3) is 16.6 Å². The van der Waals surface area contributed by atoms with Crippen LogP contribution < -0.4 is 31.3 Å². The van der Waals surface area contributed by atoms with Crippen molar-refractivity contribution in [1.29, 1.82) is 5.41 Å². The quantitative estimate of drug-likeness (QED) is 0.169. The Morgan fingerprint density at radius 2 is 1.88 bits per heavy atom. The molecule has 212 valence electrons. The van der Waals surface area contributed by atoms with Gasteiger partial charge in [-0.05, 0) is 38.5 Å². The lowest BCUT2D eigenvalue weighted by atomic mass is 10.0. The standard InChI is InChI=1S/C29H34N9O2P/c1-18-17-34-29(37-28(18)35-22-6-5-21-26(27(22)41(3)4)33-8-7-32-21)36-23-13-20(19(15-30)16-31)24(14-25(23)39-2)38-9-11-40-12-10-38/h5-8,13-17,30H,9-12,31H2,1-4H3,(H2,34,35,36,37)/b19-16+,30-15?. The van der Waals surface area contributed by atoms with Gasteiger partial charge in [0.15, 0.2) is 0 Å². The molecule has 0 atom stereocenters. The lowest BCUT2D eigenvalue weighted by Crippen LogP contribution is -2.36. The number of allylic oxidation sites excluding steroid dienone is 1. The fourth-order valence-electron chi connectivity index (χ4n) is 4.80. The van der Waals surface area contributed by atoms with Crippen molar-refractivity contribution in [1.82, 2.24) is 19.9 Å². The monoisotopic (exact) mass is 571 g/mol. The van der Waals surface area contributed by atoms with Gasteiger partial charge in [0.25, 0.3) is 0 Å². The topological polar surface area (TPSA) is 147 Å². The molecule has 1 saturated heterocycles. The van der Waals surface area contributed by atoms with Gasteiger partial charge in [-0.25, -0.2) is 4.98 Å². The number of anilines is 5. The Bertz CT molecular complexity index is 1600. The third-order valence-corrected chi connectivity index (χ3v) is 8.20. The van der Waals surface area contributed by atoms with Crippen LogP contribution in [0.1, 0.15) is 11.1 Å². The number of benzene rings is 2. The summed E-state index contributed by atoms with van der Waals surface area (Å²) in [4.78, 5) is 20.7. The molecule has 0 spiro atoms. The minimum absolute atomic E-state index is 0.395. The average Bonchev–Trinajstić information content (AvgIpc) is 2.99. The van der Waals surface area contributed by atoms with Gasteiger partial charge in [-0.2, -0.15) is 4.98 Å². The number of aryl methyl sites for hydroxylation is 1. The van der Waals surface area contributed by atoms with E-state index in [1.54, 1.807) is 25.7 Å². The number of hydrogen-bond acceptors (Lipinski definition) is 11. The predicted octanol–water partition coefficient (Wildman–Crippen LogP) is 4.38. The third-order valence-electron chi connectivity index (χ3n) is 6.85. The summed E-state index contributed by atoms with van der Waals surface area (Å²) in [6.07, 6.45) is 7.90. The lowest BCUT2D eigenvalue weighted by molar-refractivity contribution is 0.122. The maximum Gasteiger partial charge on any atom is 0.229 e. The number of fused-ring (bicyclic) bond motifs is 1. The van der Waals surface area contributed by atoms with Crippen molar-refractivity contribution in [3.63, 3.8) is 0 Å². The number of nitrogens with zero attached hydrogens (tertiary/aromatic N) is 5. The molecule has 0 bridgehead atoms. The highest BCUT2D eigenvalue weighted by Crippen LogP contribution is 2.38. The second-order valence-electron chi connectivity index (χ2n) is 9.69. The first-order valence-electron chi connectivity index (χ1n) is 13.2. The van der Waals surface area contributed by atoms with Gasteiger partial charge in [-0.15, -0.1) is 0 Å². The van der Waals surface area contributed by atoms with Crippen molar-refractivity contribution in [3.05, 3.63) is 60.2 Å². The zero-order valence-corrected chi connectivity index (χ0v) is 24.5. The van der Waals surface area contributed by atoms with Crippen molar-refractivity contribution < 1.29 is 9.47 Å². The molecule has 0 amide bonds. The molecule has 41 heavy (non-hydrogen) atoms. The third kappa shape index (κ3) is 5.91. The Balaban J connectivity index is 1.52. The molecular formula is C29H34N9O2P. The molecule has 3 heterocycles. The van der Waals surface area contributed by atoms with E-state index >= 15 is 0 Å². The van der Waals surface area contributed by atoms with Gasteiger partial charge in [0.1, 0.15) is 11.6 Å². The van der Waals surface area contributed by atoms with E-state index in [2.05, 4.69) is 43.8 Å². The second kappa shape index (κ2) is 12.4. The summed E-state index contributed by atoms with van der Waals surface area (Å²) >= 11 is 0. The van der Waals surface area contributed by atoms with Gasteiger partial charge >= 0.3 is 0 Å². The number of hydrogen-bond donors (Lipinski definition) is 4. The van der Waals surface area contributed by atoms with Crippen LogP contribution in [0.15, 0.2) is 49.1 Å². The van der Waals surface area contributed by atoms with E-state index in [-0.39, 0.29) is 0 Å². The fraction of sp³-hybridized carbons (Fsp3) is 0.276. The number of rotatable bonds is 9. The van der Waals surface area contributed by atoms with Crippen molar-refractivity contribution in [2.75, 3.05) is 62.3 Å². The van der Waals surface area contributed by atoms with Crippen LogP contribution in [0.4, 0.5) is 28.8 Å². The number of methoxy groups -OCH3 is 1. The molecule has 1 aliphatic heterocycles. The number of ether oxygens (including phenoxy) is 2. The Kier molecular flexibility index (Phi) is 8.56. The Labute approximate surface area is 240 Å². The lowest BCUT2D eigenvalue weighted by Gasteiger charge is -2.31. The zero-order chi connectivity index (χ0) is 28.9. The summed E-state index contributed by atoms with van der Waals surface area (Å²) in [5.74, 6) is 1.69. The van der Waals surface area contributed by atoms with Crippen LogP contribution in [0.2, 0.25) is 0 Å². The summed E-state index contributed by atoms with van der Waals surface area (Å²) in [5.41, 5.74) is 12.5. The van der Waals surface area contributed by atoms with Gasteiger partial charge < -0.3 is 36.2 Å². The molecule has 1 fully saturated rings. The Morgan fingerprint density at radius 1 is 1.10 bits per heavy atom. The van der Waals surface area contributed by atoms with Crippen LogP contribution in [-0.4, -0.2) is 72.9 Å². The summed E-state index contributed by atoms with van der Waals surface area (Å²) in [5, 5.41) is 15.9. The van der Waals surface area contributed by atoms with Crippen molar-refractivity contribution >= 4 is 64.9 Å². The molecule has 2 aromatic heterocycles. The van der Waals surface area contributed by atoms with E-state index in [0.29, 0.717) is 42.0 Å². The highest BCUT2D eigenvalue weighted by molar-refractivity contribution is 7.65. The minimum Gasteiger partial charge on any atom is -0.494 e. The molecule has 4 aromatic rings. The number of nitrogens with two attached hydrogens (primary N) is 1. The largest absolute Gasteiger partial charge is 0.494 e. The SMILES string of the molecule is COc1cc(N2CCOCC2)c(/C(C=N)=C/N)cc1Nc1ncc(C)c(Nc2ccc3nccnc3c2P(C)C)n1. The Morgan fingerprint density at radius 3 is 2.59 bits per heavy atom. The van der Waals surface area contributed by atoms with Gasteiger partial charge in [0.05, 0.1) is 37.0 Å². The van der Waals surface area contributed by atoms with Gasteiger partial charge in [-0.3, -0.25) is 9.97 Å². The van der Waals surface area contributed by atoms with Crippen LogP contribution in [0, 0.1) is 12.3 Å². The number of morpholine rings is 1. The molecular weight excluding hydrogens is 537 g/mol. The molecule has 0 unspecified atom stereocenters. The van der Waals surface area contributed by atoms with Crippen LogP contribution in [0.3, 0.4) is 0 Å². The van der Waals surface area contributed by atoms with E-state index in [0.717, 1.165) is 51.9 Å². The first-order chi connectivity index (χ1) is 19.9. The summed E-state index contributed by atoms with van der Waals surface area (Å²) in [6.45, 7) is 9.09. The molecule has 12 heteroatoms. The van der Waals surface area contributed by atoms with Crippen LogP contribution in [0.5, 0.6) is 5.75 Å². The molecule has 0 radical (unpaired) electrons. The van der Waals surface area contributed by atoms with E-state index < -0.39 is 7.92 Å². The van der Waals surface area contributed by atoms with Crippen molar-refractivity contribution in [2.45, 2.75) is 6.92 Å². The van der Waals surface area contributed by atoms with E-state index in [9.17, 15) is 0 Å². The molecule has 2 aromatic carbocycles. The minimum atomic E-state index is -0.485. The van der Waals surface area contributed by atoms with Gasteiger partial charge in [0, 0.05) is 83.5 Å². The van der Waals surface area contributed by atoms with E-state index in [1.807, 2.05) is 31.2 Å². The molecule has 5 rings (SSSR count). The smallest absolute Gasteiger partial charge is 0.229 e. The maximum absolute atomic E-state index is 7.95. The van der Waals surface area contributed by atoms with Crippen molar-refractivity contribution in [3.8, 4) is 5.75 Å². The molecule has 0 aliphatic carbocycles. The number of nitrogens with one attached hydrogen (secondary N) is 3. The predicted molar refractivity (Wildman–Crippen MR) is 168 cm³/mol. The van der Waals surface area contributed by atoms with Crippen LogP contribution >= 0.6 is 7.92 Å². The highest BCUT2D eigenvalue weighted by atomic mass is 31.1. The highest BCUT2D eigenvalue weighted by Gasteiger charge is 2.21. The fourth-order valence-corrected chi connectivity index (χ4v) is 6.01. The first-order valence-corrected chi connectivity index (χ1v) is 15.4. The Hall–Kier alpha value is -4.34. The van der Waals surface area contributed by atoms with E-state index in [1.165, 1.54) is 12.4 Å². The van der Waals surface area contributed by atoms with Crippen LogP contribution in [-0.2, 0) is 4.74 Å². The summed E-state index contributed by atoms with van der Waals surface area (Å²) in [7, 11) is 1.14. The average molecular weight is 572 g/mol. The molecule has 11 nitrogen and oxygen atoms in total. The summed E-state index contributed by atoms with van der Waals surface area (Å²) in [6, 6.07) is 7.87. The molecule has 0 saturated carbocycles. The van der Waals surface area contributed by atoms with E-state index in [4.69, 9.17) is 25.6 Å². The summed E-state index contributed by atoms with van der Waals surface area (Å²) < 4.78 is 11.3. The number of aromatic nitrogens is 4.